The predicted molar refractivity (Wildman–Crippen MR) is 395 cm³/mol. The van der Waals surface area contributed by atoms with Crippen molar-refractivity contribution in [3.63, 3.8) is 0 Å². The van der Waals surface area contributed by atoms with Crippen LogP contribution < -0.4 is 16.0 Å². The van der Waals surface area contributed by atoms with E-state index in [0.29, 0.717) is 30.6 Å². The van der Waals surface area contributed by atoms with E-state index >= 15 is 0 Å². The van der Waals surface area contributed by atoms with Gasteiger partial charge in [0, 0.05) is 120 Å². The van der Waals surface area contributed by atoms with Gasteiger partial charge in [-0.05, 0) is 176 Å². The van der Waals surface area contributed by atoms with Gasteiger partial charge >= 0.3 is 0 Å². The van der Waals surface area contributed by atoms with Gasteiger partial charge in [0.05, 0.1) is 16.7 Å². The minimum atomic E-state index is -0.0333. The number of aromatic nitrogens is 4. The Kier molecular flexibility index (Phi) is 28.4. The first-order chi connectivity index (χ1) is 46.3. The van der Waals surface area contributed by atoms with Gasteiger partial charge in [0.2, 0.25) is 0 Å². The molecule has 14 heteroatoms. The molecule has 0 atom stereocenters. The number of hydrogen-bond donors (Lipinski definition) is 3. The molecule has 13 nitrogen and oxygen atoms in total. The van der Waals surface area contributed by atoms with Crippen molar-refractivity contribution in [3.05, 3.63) is 208 Å². The number of halogens is 1. The van der Waals surface area contributed by atoms with E-state index in [2.05, 4.69) is 152 Å². The summed E-state index contributed by atoms with van der Waals surface area (Å²) in [5, 5.41) is 13.0. The van der Waals surface area contributed by atoms with Crippen LogP contribution in [0.5, 0.6) is 0 Å². The number of piperidine rings is 2. The Morgan fingerprint density at radius 2 is 0.989 bits per heavy atom. The molecule has 0 spiro atoms. The molecule has 2 aliphatic heterocycles. The molecule has 2 saturated heterocycles. The van der Waals surface area contributed by atoms with E-state index in [1.807, 2.05) is 104 Å². The van der Waals surface area contributed by atoms with Crippen molar-refractivity contribution in [2.75, 3.05) is 66.0 Å². The molecule has 95 heavy (non-hydrogen) atoms. The molecular weight excluding hydrogens is 1200 g/mol. The molecule has 6 heterocycles. The smallest absolute Gasteiger partial charge is 0.253 e. The van der Waals surface area contributed by atoms with E-state index < -0.39 is 0 Å². The van der Waals surface area contributed by atoms with Gasteiger partial charge in [0.15, 0.2) is 0 Å². The zero-order valence-corrected chi connectivity index (χ0v) is 58.6. The maximum absolute atomic E-state index is 13.0. The summed E-state index contributed by atoms with van der Waals surface area (Å²) in [5.74, 6) is 2.32. The lowest BCUT2D eigenvalue weighted by Gasteiger charge is -2.32. The number of likely N-dealkylation sites (tertiary alicyclic amines) is 2. The second-order valence-corrected chi connectivity index (χ2v) is 27.6. The third-order valence-corrected chi connectivity index (χ3v) is 19.4. The molecular formula is C81H107ClN10O3. The van der Waals surface area contributed by atoms with E-state index in [9.17, 15) is 14.4 Å². The highest BCUT2D eigenvalue weighted by atomic mass is 35.5. The Morgan fingerprint density at radius 1 is 0.526 bits per heavy atom. The van der Waals surface area contributed by atoms with E-state index in [0.717, 1.165) is 144 Å². The standard InChI is InChI=1S/C28H36ClN3O.C28H32N4O.C25H39N3O/c1-2-3-7-22-14-18-31(19-15-22)16-6-17-32-21-26(25-8-4-5-9-27(25)32)28(33)30-20-23-10-12-24(29)13-11-23;1-22-9-7-10-23(19-22)20-30-28(33)26-21-32(27-13-4-3-12-25(26)27)17-8-16-31(2)18-14-24-11-5-6-15-29-24;1-4-5-9-21-12-16-27(17-13-21)14-8-15-28-19-23(25(29)26-18-20(2)3)22-10-6-7-11-24(22)28/h4-5,8-13,21-22H,2-3,6-7,14-20H2,1H3,(H,30,33);3-7,9-13,15,19,21H,8,14,16-18,20H2,1-2H3,(H,30,33);6-7,10-11,19-21H,4-5,8-9,12-18H2,1-3H3,(H,26,29). The van der Waals surface area contributed by atoms with Gasteiger partial charge in [0.25, 0.3) is 17.7 Å². The third kappa shape index (κ3) is 22.0. The fourth-order valence-electron chi connectivity index (χ4n) is 13.6. The average molecular weight is 1300 g/mol. The molecule has 5 aromatic carbocycles. The fourth-order valence-corrected chi connectivity index (χ4v) is 13.7. The lowest BCUT2D eigenvalue weighted by atomic mass is 9.91. The highest BCUT2D eigenvalue weighted by Gasteiger charge is 2.22. The van der Waals surface area contributed by atoms with Gasteiger partial charge in [-0.15, -0.1) is 0 Å². The van der Waals surface area contributed by atoms with Crippen LogP contribution >= 0.6 is 11.6 Å². The molecule has 3 amide bonds. The van der Waals surface area contributed by atoms with Gasteiger partial charge in [-0.1, -0.05) is 180 Å². The topological polar surface area (TPSA) is 125 Å². The zero-order valence-electron chi connectivity index (χ0n) is 57.9. The number of aryl methyl sites for hydroxylation is 4. The molecule has 3 N–H and O–H groups in total. The number of para-hydroxylation sites is 3. The molecule has 2 fully saturated rings. The fraction of sp³-hybridized carbons (Fsp3) is 0.457. The van der Waals surface area contributed by atoms with Crippen molar-refractivity contribution >= 4 is 62.0 Å². The van der Waals surface area contributed by atoms with Crippen LogP contribution in [0.2, 0.25) is 5.02 Å². The normalized spacial score (nSPS) is 14.1. The first-order valence-corrected chi connectivity index (χ1v) is 36.1. The Balaban J connectivity index is 0.000000168. The number of carbonyl (C=O) groups is 3. The van der Waals surface area contributed by atoms with Crippen LogP contribution in [-0.4, -0.2) is 117 Å². The number of pyridine rings is 1. The number of rotatable bonds is 30. The SMILES string of the molecule is CCCCC1CCN(CCCn2cc(C(=O)NCC(C)C)c3ccccc32)CC1.CCCCC1CCN(CCCn2cc(C(=O)NCc3ccc(Cl)cc3)c3ccccc32)CC1.Cc1cccc(CNC(=O)c2cn(CCCN(C)CCc3ccccn3)c3ccccc23)c1. The monoisotopic (exact) mass is 1300 g/mol. The second-order valence-electron chi connectivity index (χ2n) is 27.1. The minimum absolute atomic E-state index is 0.0288. The molecule has 11 rings (SSSR count). The summed E-state index contributed by atoms with van der Waals surface area (Å²) in [5.41, 5.74) is 10.2. The van der Waals surface area contributed by atoms with Crippen LogP contribution in [0, 0.1) is 24.7 Å². The molecule has 0 bridgehead atoms. The summed E-state index contributed by atoms with van der Waals surface area (Å²) in [6.45, 7) is 24.6. The quantitative estimate of drug-likeness (QED) is 0.0410. The summed E-state index contributed by atoms with van der Waals surface area (Å²) in [4.78, 5) is 50.6. The summed E-state index contributed by atoms with van der Waals surface area (Å²) >= 11 is 5.96. The van der Waals surface area contributed by atoms with Gasteiger partial charge in [-0.25, -0.2) is 0 Å². The van der Waals surface area contributed by atoms with Crippen molar-refractivity contribution in [2.24, 2.45) is 17.8 Å². The minimum Gasteiger partial charge on any atom is -0.352 e. The van der Waals surface area contributed by atoms with Crippen molar-refractivity contribution in [3.8, 4) is 0 Å². The molecule has 4 aromatic heterocycles. The van der Waals surface area contributed by atoms with Gasteiger partial charge in [-0.3, -0.25) is 19.4 Å². The zero-order chi connectivity index (χ0) is 66.7. The highest BCUT2D eigenvalue weighted by Crippen LogP contribution is 2.28. The Hall–Kier alpha value is -7.55. The first kappa shape index (κ1) is 71.7. The number of likely N-dealkylation sites (N-methyl/N-ethyl adjacent to an activating group) is 1. The Morgan fingerprint density at radius 3 is 1.45 bits per heavy atom. The number of fused-ring (bicyclic) bond motifs is 3. The van der Waals surface area contributed by atoms with E-state index in [1.54, 1.807) is 0 Å². The third-order valence-electron chi connectivity index (χ3n) is 19.2. The van der Waals surface area contributed by atoms with Gasteiger partial charge in [-0.2, -0.15) is 0 Å². The molecule has 2 aliphatic rings. The number of carbonyl (C=O) groups excluding carboxylic acids is 3. The number of nitrogens with one attached hydrogen (secondary N) is 3. The molecule has 0 radical (unpaired) electrons. The number of unbranched alkanes of at least 4 members (excludes halogenated alkanes) is 2. The van der Waals surface area contributed by atoms with E-state index in [4.69, 9.17) is 11.6 Å². The maximum atomic E-state index is 13.0. The van der Waals surface area contributed by atoms with Crippen molar-refractivity contribution in [1.82, 2.24) is 49.3 Å². The lowest BCUT2D eigenvalue weighted by molar-refractivity contribution is 0.0943. The number of benzene rings is 5. The number of nitrogens with zero attached hydrogens (tertiary/aromatic N) is 7. The predicted octanol–water partition coefficient (Wildman–Crippen LogP) is 16.7. The average Bonchev–Trinajstić information content (AvgIpc) is 1.68. The highest BCUT2D eigenvalue weighted by molar-refractivity contribution is 6.30. The summed E-state index contributed by atoms with van der Waals surface area (Å²) in [6, 6.07) is 46.5. The van der Waals surface area contributed by atoms with Crippen LogP contribution in [0.15, 0.2) is 164 Å². The molecule has 0 saturated carbocycles. The summed E-state index contributed by atoms with van der Waals surface area (Å²) < 4.78 is 6.73. The number of amides is 3. The molecule has 0 unspecified atom stereocenters. The van der Waals surface area contributed by atoms with Crippen molar-refractivity contribution in [1.29, 1.82) is 0 Å². The number of hydrogen-bond acceptors (Lipinski definition) is 7. The summed E-state index contributed by atoms with van der Waals surface area (Å²) in [6.07, 6.45) is 25.8. The van der Waals surface area contributed by atoms with Crippen LogP contribution in [0.4, 0.5) is 0 Å². The Labute approximate surface area is 572 Å². The molecule has 0 aliphatic carbocycles. The van der Waals surface area contributed by atoms with Crippen LogP contribution in [0.1, 0.15) is 165 Å². The maximum Gasteiger partial charge on any atom is 0.253 e. The van der Waals surface area contributed by atoms with Crippen LogP contribution in [0.25, 0.3) is 32.7 Å². The molecule has 506 valence electrons. The second kappa shape index (κ2) is 37.7. The Bertz CT molecular complexity index is 3780. The first-order valence-electron chi connectivity index (χ1n) is 35.7. The molecule has 9 aromatic rings. The van der Waals surface area contributed by atoms with Crippen molar-refractivity contribution < 1.29 is 14.4 Å². The van der Waals surface area contributed by atoms with Gasteiger partial charge < -0.3 is 44.4 Å². The summed E-state index contributed by atoms with van der Waals surface area (Å²) in [7, 11) is 2.15. The largest absolute Gasteiger partial charge is 0.352 e. The van der Waals surface area contributed by atoms with Crippen molar-refractivity contribution in [2.45, 2.75) is 157 Å². The van der Waals surface area contributed by atoms with E-state index in [-0.39, 0.29) is 17.7 Å². The van der Waals surface area contributed by atoms with Gasteiger partial charge in [0.1, 0.15) is 0 Å². The van der Waals surface area contributed by atoms with Crippen LogP contribution in [-0.2, 0) is 39.1 Å². The van der Waals surface area contributed by atoms with Crippen LogP contribution in [0.3, 0.4) is 0 Å². The lowest BCUT2D eigenvalue weighted by Crippen LogP contribution is -2.34. The van der Waals surface area contributed by atoms with E-state index in [1.165, 1.54) is 101 Å².